The van der Waals surface area contributed by atoms with E-state index in [0.29, 0.717) is 13.2 Å². The van der Waals surface area contributed by atoms with Gasteiger partial charge < -0.3 is 14.9 Å². The van der Waals surface area contributed by atoms with Crippen molar-refractivity contribution in [2.45, 2.75) is 13.2 Å². The van der Waals surface area contributed by atoms with E-state index < -0.39 is 0 Å². The van der Waals surface area contributed by atoms with Gasteiger partial charge in [-0.05, 0) is 40.2 Å². The molecule has 21 heavy (non-hydrogen) atoms. The fourth-order valence-corrected chi connectivity index (χ4v) is 3.38. The Morgan fingerprint density at radius 3 is 2.67 bits per heavy atom. The van der Waals surface area contributed by atoms with Crippen LogP contribution in [-0.4, -0.2) is 0 Å². The highest BCUT2D eigenvalue weighted by Crippen LogP contribution is 2.31. The lowest BCUT2D eigenvalue weighted by atomic mass is 10.1. The second-order valence-corrected chi connectivity index (χ2v) is 6.34. The van der Waals surface area contributed by atoms with Gasteiger partial charge in [-0.15, -0.1) is 0 Å². The zero-order chi connectivity index (χ0) is 14.8. The van der Waals surface area contributed by atoms with Crippen molar-refractivity contribution in [2.75, 3.05) is 0 Å². The molecule has 108 valence electrons. The summed E-state index contributed by atoms with van der Waals surface area (Å²) < 4.78 is 13.6. The Kier molecular flexibility index (Phi) is 4.33. The van der Waals surface area contributed by atoms with Gasteiger partial charge in [-0.25, -0.2) is 0 Å². The maximum absolute atomic E-state index is 5.90. The number of rotatable bonds is 4. The highest BCUT2D eigenvalue weighted by atomic mass is 79.9. The summed E-state index contributed by atoms with van der Waals surface area (Å²) in [6.45, 7) is 0.776. The van der Waals surface area contributed by atoms with Gasteiger partial charge in [0.2, 0.25) is 0 Å². The standard InChI is InChI=1S/C16H13Br2NO2/c17-10-5-6-15(13(18)7-10)20-9-12-11-3-1-2-4-14(11)21-16(12)8-19/h1-7H,8-9,19H2. The van der Waals surface area contributed by atoms with E-state index in [-0.39, 0.29) is 0 Å². The monoisotopic (exact) mass is 409 g/mol. The van der Waals surface area contributed by atoms with Crippen LogP contribution in [0.15, 0.2) is 55.8 Å². The Hall–Kier alpha value is -1.30. The molecular weight excluding hydrogens is 398 g/mol. The zero-order valence-electron chi connectivity index (χ0n) is 11.1. The van der Waals surface area contributed by atoms with Crippen LogP contribution in [0.4, 0.5) is 0 Å². The number of hydrogen-bond donors (Lipinski definition) is 1. The Bertz CT molecular complexity index is 783. The van der Waals surface area contributed by atoms with E-state index >= 15 is 0 Å². The minimum Gasteiger partial charge on any atom is -0.488 e. The van der Waals surface area contributed by atoms with Crippen molar-refractivity contribution >= 4 is 42.8 Å². The largest absolute Gasteiger partial charge is 0.488 e. The molecule has 0 aliphatic rings. The summed E-state index contributed by atoms with van der Waals surface area (Å²) >= 11 is 6.92. The van der Waals surface area contributed by atoms with E-state index in [1.54, 1.807) is 0 Å². The van der Waals surface area contributed by atoms with Crippen LogP contribution in [0.5, 0.6) is 5.75 Å². The van der Waals surface area contributed by atoms with Gasteiger partial charge in [0, 0.05) is 15.4 Å². The predicted octanol–water partition coefficient (Wildman–Crippen LogP) is 5.00. The Balaban J connectivity index is 1.91. The van der Waals surface area contributed by atoms with Gasteiger partial charge in [-0.2, -0.15) is 0 Å². The van der Waals surface area contributed by atoms with Crippen LogP contribution in [0.25, 0.3) is 11.0 Å². The number of furan rings is 1. The van der Waals surface area contributed by atoms with Crippen molar-refractivity contribution in [3.63, 3.8) is 0 Å². The highest BCUT2D eigenvalue weighted by Gasteiger charge is 2.13. The fraction of sp³-hybridized carbons (Fsp3) is 0.125. The SMILES string of the molecule is NCc1oc2ccccc2c1COc1ccc(Br)cc1Br. The topological polar surface area (TPSA) is 48.4 Å². The quantitative estimate of drug-likeness (QED) is 0.658. The molecule has 0 amide bonds. The highest BCUT2D eigenvalue weighted by molar-refractivity contribution is 9.11. The van der Waals surface area contributed by atoms with Crippen molar-refractivity contribution in [1.29, 1.82) is 0 Å². The maximum Gasteiger partial charge on any atom is 0.134 e. The Morgan fingerprint density at radius 2 is 1.90 bits per heavy atom. The molecule has 1 heterocycles. The lowest BCUT2D eigenvalue weighted by Gasteiger charge is -2.08. The molecule has 0 bridgehead atoms. The summed E-state index contributed by atoms with van der Waals surface area (Å²) in [4.78, 5) is 0. The molecule has 0 radical (unpaired) electrons. The molecule has 0 fully saturated rings. The lowest BCUT2D eigenvalue weighted by molar-refractivity contribution is 0.301. The molecule has 0 aliphatic carbocycles. The number of nitrogens with two attached hydrogens (primary N) is 1. The first kappa shape index (κ1) is 14.6. The van der Waals surface area contributed by atoms with Crippen LogP contribution in [0.3, 0.4) is 0 Å². The minimum atomic E-state index is 0.356. The van der Waals surface area contributed by atoms with E-state index in [2.05, 4.69) is 31.9 Å². The predicted molar refractivity (Wildman–Crippen MR) is 90.3 cm³/mol. The Labute approximate surface area is 139 Å². The molecule has 0 atom stereocenters. The van der Waals surface area contributed by atoms with Crippen LogP contribution in [-0.2, 0) is 13.2 Å². The van der Waals surface area contributed by atoms with Crippen LogP contribution in [0, 0.1) is 0 Å². The summed E-state index contributed by atoms with van der Waals surface area (Å²) in [6.07, 6.45) is 0. The van der Waals surface area contributed by atoms with Gasteiger partial charge in [-0.1, -0.05) is 34.1 Å². The van der Waals surface area contributed by atoms with Gasteiger partial charge >= 0.3 is 0 Å². The molecule has 2 N–H and O–H groups in total. The molecule has 2 aromatic carbocycles. The normalized spacial score (nSPS) is 11.0. The van der Waals surface area contributed by atoms with Gasteiger partial charge in [0.25, 0.3) is 0 Å². The first-order valence-corrected chi connectivity index (χ1v) is 8.05. The average molecular weight is 411 g/mol. The first-order chi connectivity index (χ1) is 10.2. The third-order valence-corrected chi connectivity index (χ3v) is 4.35. The molecule has 1 aromatic heterocycles. The first-order valence-electron chi connectivity index (χ1n) is 6.46. The second-order valence-electron chi connectivity index (χ2n) is 4.57. The lowest BCUT2D eigenvalue weighted by Crippen LogP contribution is -2.02. The van der Waals surface area contributed by atoms with E-state index in [0.717, 1.165) is 37.0 Å². The average Bonchev–Trinajstić information content (AvgIpc) is 2.84. The van der Waals surface area contributed by atoms with Crippen molar-refractivity contribution in [2.24, 2.45) is 5.73 Å². The van der Waals surface area contributed by atoms with Gasteiger partial charge in [0.1, 0.15) is 23.7 Å². The number of halogens is 2. The number of para-hydroxylation sites is 1. The van der Waals surface area contributed by atoms with Crippen LogP contribution < -0.4 is 10.5 Å². The summed E-state index contributed by atoms with van der Waals surface area (Å²) in [5.74, 6) is 1.55. The number of benzene rings is 2. The van der Waals surface area contributed by atoms with Gasteiger partial charge in [0.15, 0.2) is 0 Å². The fourth-order valence-electron chi connectivity index (χ4n) is 2.21. The molecule has 3 aromatic rings. The van der Waals surface area contributed by atoms with E-state index in [1.807, 2.05) is 42.5 Å². The third-order valence-electron chi connectivity index (χ3n) is 3.23. The van der Waals surface area contributed by atoms with Gasteiger partial charge in [-0.3, -0.25) is 0 Å². The second kappa shape index (κ2) is 6.22. The van der Waals surface area contributed by atoms with Gasteiger partial charge in [0.05, 0.1) is 11.0 Å². The number of fused-ring (bicyclic) bond motifs is 1. The molecule has 0 unspecified atom stereocenters. The summed E-state index contributed by atoms with van der Waals surface area (Å²) in [7, 11) is 0. The van der Waals surface area contributed by atoms with Crippen molar-refractivity contribution in [3.8, 4) is 5.75 Å². The molecule has 3 nitrogen and oxygen atoms in total. The van der Waals surface area contributed by atoms with E-state index in [4.69, 9.17) is 14.9 Å². The molecule has 0 aliphatic heterocycles. The summed E-state index contributed by atoms with van der Waals surface area (Å²) in [5.41, 5.74) is 7.61. The minimum absolute atomic E-state index is 0.356. The molecular formula is C16H13Br2NO2. The third kappa shape index (κ3) is 3.00. The van der Waals surface area contributed by atoms with Crippen molar-refractivity contribution < 1.29 is 9.15 Å². The summed E-state index contributed by atoms with van der Waals surface area (Å²) in [6, 6.07) is 13.7. The maximum atomic E-state index is 5.90. The molecule has 0 spiro atoms. The number of ether oxygens (including phenoxy) is 1. The molecule has 0 saturated heterocycles. The molecule has 3 rings (SSSR count). The van der Waals surface area contributed by atoms with Crippen LogP contribution in [0.2, 0.25) is 0 Å². The zero-order valence-corrected chi connectivity index (χ0v) is 14.3. The molecule has 5 heteroatoms. The van der Waals surface area contributed by atoms with Crippen molar-refractivity contribution in [3.05, 3.63) is 62.7 Å². The van der Waals surface area contributed by atoms with E-state index in [1.165, 1.54) is 0 Å². The van der Waals surface area contributed by atoms with E-state index in [9.17, 15) is 0 Å². The van der Waals surface area contributed by atoms with Crippen molar-refractivity contribution in [1.82, 2.24) is 0 Å². The van der Waals surface area contributed by atoms with Crippen LogP contribution >= 0.6 is 31.9 Å². The number of hydrogen-bond acceptors (Lipinski definition) is 3. The smallest absolute Gasteiger partial charge is 0.134 e. The van der Waals surface area contributed by atoms with Crippen LogP contribution in [0.1, 0.15) is 11.3 Å². The Morgan fingerprint density at radius 1 is 1.10 bits per heavy atom. The summed E-state index contributed by atoms with van der Waals surface area (Å²) in [5, 5.41) is 1.05. The molecule has 0 saturated carbocycles.